The zero-order valence-corrected chi connectivity index (χ0v) is 11.1. The van der Waals surface area contributed by atoms with Crippen LogP contribution in [-0.4, -0.2) is 22.1 Å². The van der Waals surface area contributed by atoms with Crippen molar-refractivity contribution in [2.24, 2.45) is 0 Å². The summed E-state index contributed by atoms with van der Waals surface area (Å²) >= 11 is 7.37. The number of para-hydroxylation sites is 1. The van der Waals surface area contributed by atoms with Crippen LogP contribution in [0.2, 0.25) is 5.02 Å². The average molecular weight is 280 g/mol. The molecule has 0 saturated carbocycles. The van der Waals surface area contributed by atoms with Crippen molar-refractivity contribution in [2.75, 3.05) is 11.6 Å². The highest BCUT2D eigenvalue weighted by molar-refractivity contribution is 7.98. The van der Waals surface area contributed by atoms with Crippen LogP contribution in [0.4, 0.5) is 5.69 Å². The van der Waals surface area contributed by atoms with E-state index >= 15 is 0 Å². The van der Waals surface area contributed by atoms with Crippen molar-refractivity contribution in [3.63, 3.8) is 0 Å². The number of rotatable bonds is 3. The van der Waals surface area contributed by atoms with Crippen LogP contribution in [0.5, 0.6) is 0 Å². The third-order valence-corrected chi connectivity index (χ3v) is 3.10. The summed E-state index contributed by atoms with van der Waals surface area (Å²) in [4.78, 5) is 20.0. The molecule has 0 aliphatic heterocycles. The largest absolute Gasteiger partial charge is 0.321 e. The zero-order chi connectivity index (χ0) is 13.0. The van der Waals surface area contributed by atoms with Crippen LogP contribution in [-0.2, 0) is 0 Å². The Kier molecular flexibility index (Phi) is 4.17. The third kappa shape index (κ3) is 3.00. The van der Waals surface area contributed by atoms with E-state index in [4.69, 9.17) is 11.6 Å². The van der Waals surface area contributed by atoms with Gasteiger partial charge in [0.1, 0.15) is 0 Å². The summed E-state index contributed by atoms with van der Waals surface area (Å²) in [5.41, 5.74) is 0.964. The molecule has 18 heavy (non-hydrogen) atoms. The number of nitrogens with one attached hydrogen (secondary N) is 1. The van der Waals surface area contributed by atoms with E-state index in [0.29, 0.717) is 21.4 Å². The molecule has 0 fully saturated rings. The quantitative estimate of drug-likeness (QED) is 0.693. The standard InChI is InChI=1S/C12H10ClN3OS/c1-18-12-14-6-8(7-15-12)11(17)16-10-5-3-2-4-9(10)13/h2-7H,1H3,(H,16,17). The molecule has 1 N–H and O–H groups in total. The summed E-state index contributed by atoms with van der Waals surface area (Å²) < 4.78 is 0. The fourth-order valence-electron chi connectivity index (χ4n) is 1.30. The van der Waals surface area contributed by atoms with Gasteiger partial charge in [0.25, 0.3) is 5.91 Å². The van der Waals surface area contributed by atoms with E-state index in [2.05, 4.69) is 15.3 Å². The Morgan fingerprint density at radius 1 is 1.28 bits per heavy atom. The number of thioether (sulfide) groups is 1. The van der Waals surface area contributed by atoms with Crippen molar-refractivity contribution in [1.29, 1.82) is 0 Å². The molecule has 92 valence electrons. The van der Waals surface area contributed by atoms with Crippen LogP contribution in [0.15, 0.2) is 41.8 Å². The lowest BCUT2D eigenvalue weighted by Gasteiger charge is -2.06. The van der Waals surface area contributed by atoms with Crippen molar-refractivity contribution in [2.45, 2.75) is 5.16 Å². The molecule has 0 saturated heterocycles. The lowest BCUT2D eigenvalue weighted by atomic mass is 10.3. The molecule has 4 nitrogen and oxygen atoms in total. The van der Waals surface area contributed by atoms with E-state index in [-0.39, 0.29) is 5.91 Å². The second kappa shape index (κ2) is 5.84. The smallest absolute Gasteiger partial charge is 0.258 e. The Balaban J connectivity index is 2.14. The van der Waals surface area contributed by atoms with Crippen LogP contribution in [0.25, 0.3) is 0 Å². The SMILES string of the molecule is CSc1ncc(C(=O)Nc2ccccc2Cl)cn1. The molecular weight excluding hydrogens is 270 g/mol. The lowest BCUT2D eigenvalue weighted by Crippen LogP contribution is -2.13. The molecule has 0 aliphatic rings. The molecule has 2 aromatic rings. The van der Waals surface area contributed by atoms with Gasteiger partial charge in [-0.25, -0.2) is 9.97 Å². The molecule has 0 unspecified atom stereocenters. The second-order valence-electron chi connectivity index (χ2n) is 3.39. The molecule has 1 aromatic carbocycles. The molecule has 1 aromatic heterocycles. The monoisotopic (exact) mass is 279 g/mol. The Labute approximate surface area is 114 Å². The van der Waals surface area contributed by atoms with E-state index in [9.17, 15) is 4.79 Å². The Hall–Kier alpha value is -1.59. The summed E-state index contributed by atoms with van der Waals surface area (Å²) in [6.07, 6.45) is 4.86. The number of aromatic nitrogens is 2. The Morgan fingerprint density at radius 2 is 1.94 bits per heavy atom. The number of hydrogen-bond donors (Lipinski definition) is 1. The predicted octanol–water partition coefficient (Wildman–Crippen LogP) is 3.10. The molecule has 0 radical (unpaired) electrons. The van der Waals surface area contributed by atoms with Gasteiger partial charge < -0.3 is 5.32 Å². The van der Waals surface area contributed by atoms with Gasteiger partial charge in [-0.3, -0.25) is 4.79 Å². The number of carbonyl (C=O) groups is 1. The maximum Gasteiger partial charge on any atom is 0.258 e. The van der Waals surface area contributed by atoms with E-state index in [1.54, 1.807) is 24.3 Å². The van der Waals surface area contributed by atoms with E-state index in [1.165, 1.54) is 24.2 Å². The summed E-state index contributed by atoms with van der Waals surface area (Å²) in [5.74, 6) is -0.282. The van der Waals surface area contributed by atoms with Gasteiger partial charge in [0, 0.05) is 12.4 Å². The maximum atomic E-state index is 11.9. The van der Waals surface area contributed by atoms with Crippen LogP contribution >= 0.6 is 23.4 Å². The highest BCUT2D eigenvalue weighted by Crippen LogP contribution is 2.21. The lowest BCUT2D eigenvalue weighted by molar-refractivity contribution is 0.102. The van der Waals surface area contributed by atoms with Crippen LogP contribution < -0.4 is 5.32 Å². The number of carbonyl (C=O) groups excluding carboxylic acids is 1. The van der Waals surface area contributed by atoms with Crippen LogP contribution in [0.3, 0.4) is 0 Å². The number of halogens is 1. The van der Waals surface area contributed by atoms with E-state index < -0.39 is 0 Å². The molecule has 0 spiro atoms. The number of benzene rings is 1. The minimum atomic E-state index is -0.282. The minimum absolute atomic E-state index is 0.282. The third-order valence-electron chi connectivity index (χ3n) is 2.19. The van der Waals surface area contributed by atoms with Gasteiger partial charge in [0.2, 0.25) is 0 Å². The Bertz CT molecular complexity index is 560. The molecule has 6 heteroatoms. The van der Waals surface area contributed by atoms with Crippen molar-refractivity contribution >= 4 is 35.0 Å². The first-order valence-corrected chi connectivity index (χ1v) is 6.73. The van der Waals surface area contributed by atoms with Crippen molar-refractivity contribution in [3.8, 4) is 0 Å². The molecule has 2 rings (SSSR count). The first kappa shape index (κ1) is 12.9. The summed E-state index contributed by atoms with van der Waals surface area (Å²) in [5, 5.41) is 3.83. The highest BCUT2D eigenvalue weighted by atomic mass is 35.5. The van der Waals surface area contributed by atoms with Gasteiger partial charge in [-0.2, -0.15) is 0 Å². The van der Waals surface area contributed by atoms with Crippen molar-refractivity contribution in [3.05, 3.63) is 47.2 Å². The molecule has 0 aliphatic carbocycles. The fraction of sp³-hybridized carbons (Fsp3) is 0.0833. The number of nitrogens with zero attached hydrogens (tertiary/aromatic N) is 2. The molecular formula is C12H10ClN3OS. The van der Waals surface area contributed by atoms with Crippen molar-refractivity contribution < 1.29 is 4.79 Å². The van der Waals surface area contributed by atoms with Crippen molar-refractivity contribution in [1.82, 2.24) is 9.97 Å². The number of hydrogen-bond acceptors (Lipinski definition) is 4. The Morgan fingerprint density at radius 3 is 2.56 bits per heavy atom. The van der Waals surface area contributed by atoms with Gasteiger partial charge in [-0.15, -0.1) is 0 Å². The maximum absolute atomic E-state index is 11.9. The first-order chi connectivity index (χ1) is 8.70. The zero-order valence-electron chi connectivity index (χ0n) is 9.55. The van der Waals surface area contributed by atoms with E-state index in [1.807, 2.05) is 6.26 Å². The molecule has 1 amide bonds. The normalized spacial score (nSPS) is 10.1. The average Bonchev–Trinajstić information content (AvgIpc) is 2.41. The van der Waals surface area contributed by atoms with Gasteiger partial charge in [0.15, 0.2) is 5.16 Å². The van der Waals surface area contributed by atoms with Gasteiger partial charge in [-0.05, 0) is 18.4 Å². The van der Waals surface area contributed by atoms with Crippen LogP contribution in [0.1, 0.15) is 10.4 Å². The summed E-state index contributed by atoms with van der Waals surface area (Å²) in [6.45, 7) is 0. The predicted molar refractivity (Wildman–Crippen MR) is 73.2 cm³/mol. The van der Waals surface area contributed by atoms with Crippen LogP contribution in [0, 0.1) is 0 Å². The first-order valence-electron chi connectivity index (χ1n) is 5.12. The van der Waals surface area contributed by atoms with E-state index in [0.717, 1.165) is 0 Å². The molecule has 1 heterocycles. The number of amides is 1. The summed E-state index contributed by atoms with van der Waals surface area (Å²) in [6, 6.07) is 7.05. The minimum Gasteiger partial charge on any atom is -0.321 e. The molecule has 0 atom stereocenters. The fourth-order valence-corrected chi connectivity index (χ4v) is 1.80. The highest BCUT2D eigenvalue weighted by Gasteiger charge is 2.09. The van der Waals surface area contributed by atoms with Gasteiger partial charge in [-0.1, -0.05) is 35.5 Å². The molecule has 0 bridgehead atoms. The van der Waals surface area contributed by atoms with Gasteiger partial charge in [0.05, 0.1) is 16.3 Å². The topological polar surface area (TPSA) is 54.9 Å². The second-order valence-corrected chi connectivity index (χ2v) is 4.57. The van der Waals surface area contributed by atoms with Gasteiger partial charge >= 0.3 is 0 Å². The number of anilines is 1. The summed E-state index contributed by atoms with van der Waals surface area (Å²) in [7, 11) is 0.